The van der Waals surface area contributed by atoms with Crippen LogP contribution in [0, 0.1) is 32.8 Å². The fourth-order valence-electron chi connectivity index (χ4n) is 1.87. The molecule has 21 heavy (non-hydrogen) atoms. The van der Waals surface area contributed by atoms with Crippen LogP contribution in [-0.2, 0) is 0 Å². The van der Waals surface area contributed by atoms with Crippen LogP contribution in [0.3, 0.4) is 0 Å². The van der Waals surface area contributed by atoms with Crippen LogP contribution in [0.15, 0.2) is 18.2 Å². The van der Waals surface area contributed by atoms with Crippen molar-refractivity contribution in [1.82, 2.24) is 5.32 Å². The Morgan fingerprint density at radius 1 is 1.52 bits per heavy atom. The van der Waals surface area contributed by atoms with E-state index < -0.39 is 16.6 Å². The van der Waals surface area contributed by atoms with E-state index in [1.807, 2.05) is 6.07 Å². The zero-order valence-electron chi connectivity index (χ0n) is 12.1. The molecule has 1 aromatic carbocycles. The molecule has 110 valence electrons. The van der Waals surface area contributed by atoms with E-state index in [0.29, 0.717) is 6.42 Å². The summed E-state index contributed by atoms with van der Waals surface area (Å²) in [5, 5.41) is 31.8. The van der Waals surface area contributed by atoms with Crippen molar-refractivity contribution in [2.24, 2.45) is 0 Å². The van der Waals surface area contributed by atoms with Gasteiger partial charge in [-0.25, -0.2) is 0 Å². The smallest absolute Gasteiger partial charge is 0.312 e. The van der Waals surface area contributed by atoms with Gasteiger partial charge in [0.15, 0.2) is 5.75 Å². The Balaban J connectivity index is 2.96. The van der Waals surface area contributed by atoms with E-state index in [4.69, 9.17) is 15.3 Å². The van der Waals surface area contributed by atoms with Crippen LogP contribution in [0.2, 0.25) is 0 Å². The molecular formula is C14H16N4O3. The predicted molar refractivity (Wildman–Crippen MR) is 75.6 cm³/mol. The second-order valence-electron chi connectivity index (χ2n) is 4.88. The minimum Gasteiger partial charge on any atom is -0.484 e. The first-order chi connectivity index (χ1) is 9.85. The van der Waals surface area contributed by atoms with Gasteiger partial charge in [0.1, 0.15) is 5.54 Å². The van der Waals surface area contributed by atoms with Crippen molar-refractivity contribution in [3.05, 3.63) is 33.9 Å². The molecule has 7 nitrogen and oxygen atoms in total. The Morgan fingerprint density at radius 3 is 2.67 bits per heavy atom. The Hall–Kier alpha value is -2.64. The molecule has 0 fully saturated rings. The number of ether oxygens (including phenoxy) is 1. The molecule has 7 heteroatoms. The second-order valence-corrected chi connectivity index (χ2v) is 4.88. The number of nitro benzene ring substituents is 1. The van der Waals surface area contributed by atoms with Crippen LogP contribution in [-0.4, -0.2) is 23.6 Å². The summed E-state index contributed by atoms with van der Waals surface area (Å²) in [6.45, 7) is 3.45. The van der Waals surface area contributed by atoms with E-state index in [0.717, 1.165) is 0 Å². The van der Waals surface area contributed by atoms with E-state index in [1.54, 1.807) is 20.9 Å². The van der Waals surface area contributed by atoms with Gasteiger partial charge in [-0.2, -0.15) is 10.5 Å². The van der Waals surface area contributed by atoms with E-state index in [-0.39, 0.29) is 17.0 Å². The summed E-state index contributed by atoms with van der Waals surface area (Å²) in [4.78, 5) is 10.4. The number of rotatable bonds is 6. The first-order valence-electron chi connectivity index (χ1n) is 6.30. The Labute approximate surface area is 122 Å². The van der Waals surface area contributed by atoms with Crippen molar-refractivity contribution < 1.29 is 9.66 Å². The van der Waals surface area contributed by atoms with Gasteiger partial charge in [0.05, 0.1) is 28.7 Å². The van der Waals surface area contributed by atoms with Gasteiger partial charge in [0.2, 0.25) is 0 Å². The van der Waals surface area contributed by atoms with Gasteiger partial charge in [0.25, 0.3) is 0 Å². The van der Waals surface area contributed by atoms with Gasteiger partial charge >= 0.3 is 5.69 Å². The maximum absolute atomic E-state index is 11.0. The molecule has 0 saturated carbocycles. The van der Waals surface area contributed by atoms with Crippen molar-refractivity contribution >= 4 is 5.69 Å². The highest BCUT2D eigenvalue weighted by Gasteiger charge is 2.26. The van der Waals surface area contributed by atoms with Gasteiger partial charge in [-0.1, -0.05) is 0 Å². The molecule has 0 heterocycles. The van der Waals surface area contributed by atoms with Gasteiger partial charge in [-0.3, -0.25) is 10.1 Å². The molecule has 0 aliphatic carbocycles. The number of hydrogen-bond acceptors (Lipinski definition) is 6. The van der Waals surface area contributed by atoms with Crippen molar-refractivity contribution in [1.29, 1.82) is 10.5 Å². The van der Waals surface area contributed by atoms with Gasteiger partial charge in [-0.05, 0) is 33.0 Å². The zero-order valence-corrected chi connectivity index (χ0v) is 12.1. The lowest BCUT2D eigenvalue weighted by atomic mass is 9.97. The average Bonchev–Trinajstić information content (AvgIpc) is 2.47. The minimum absolute atomic E-state index is 0.0860. The average molecular weight is 288 g/mol. The number of nitro groups is 1. The molecule has 0 amide bonds. The van der Waals surface area contributed by atoms with Crippen LogP contribution < -0.4 is 10.1 Å². The molecule has 0 spiro atoms. The topological polar surface area (TPSA) is 112 Å². The standard InChI is InChI=1S/C14H16N4O3/c1-10(7-14(2,9-16)17-3)21-13-5-4-11(8-15)6-12(13)18(19)20/h4-6,10,17H,7H2,1-3H3. The maximum Gasteiger partial charge on any atom is 0.312 e. The van der Waals surface area contributed by atoms with Crippen LogP contribution in [0.1, 0.15) is 25.8 Å². The highest BCUT2D eigenvalue weighted by molar-refractivity contribution is 5.51. The molecule has 0 saturated heterocycles. The third-order valence-corrected chi connectivity index (χ3v) is 3.11. The van der Waals surface area contributed by atoms with Crippen molar-refractivity contribution in [2.75, 3.05) is 7.05 Å². The predicted octanol–water partition coefficient (Wildman–Crippen LogP) is 2.13. The molecule has 1 N–H and O–H groups in total. The molecule has 1 rings (SSSR count). The number of hydrogen-bond donors (Lipinski definition) is 1. The summed E-state index contributed by atoms with van der Waals surface area (Å²) >= 11 is 0. The quantitative estimate of drug-likeness (QED) is 0.633. The molecular weight excluding hydrogens is 272 g/mol. The van der Waals surface area contributed by atoms with E-state index >= 15 is 0 Å². The lowest BCUT2D eigenvalue weighted by Crippen LogP contribution is -2.41. The van der Waals surface area contributed by atoms with E-state index in [9.17, 15) is 10.1 Å². The van der Waals surface area contributed by atoms with Gasteiger partial charge in [0, 0.05) is 12.5 Å². The normalized spacial score (nSPS) is 14.3. The lowest BCUT2D eigenvalue weighted by molar-refractivity contribution is -0.386. The minimum atomic E-state index is -0.777. The highest BCUT2D eigenvalue weighted by atomic mass is 16.6. The molecule has 1 aromatic rings. The fraction of sp³-hybridized carbons (Fsp3) is 0.429. The van der Waals surface area contributed by atoms with Gasteiger partial charge < -0.3 is 10.1 Å². The molecule has 0 bridgehead atoms. The van der Waals surface area contributed by atoms with Crippen molar-refractivity contribution in [3.8, 4) is 17.9 Å². The Bertz CT molecular complexity index is 618. The monoisotopic (exact) mass is 288 g/mol. The number of nitriles is 2. The van der Waals surface area contributed by atoms with E-state index in [1.165, 1.54) is 18.2 Å². The molecule has 0 aliphatic rings. The molecule has 0 aliphatic heterocycles. The third-order valence-electron chi connectivity index (χ3n) is 3.11. The molecule has 2 unspecified atom stereocenters. The van der Waals surface area contributed by atoms with Crippen LogP contribution in [0.5, 0.6) is 5.75 Å². The first kappa shape index (κ1) is 16.4. The third kappa shape index (κ3) is 4.16. The number of benzene rings is 1. The van der Waals surface area contributed by atoms with Gasteiger partial charge in [-0.15, -0.1) is 0 Å². The molecule has 0 radical (unpaired) electrons. The summed E-state index contributed by atoms with van der Waals surface area (Å²) in [5.74, 6) is 0.0860. The van der Waals surface area contributed by atoms with Crippen molar-refractivity contribution in [3.63, 3.8) is 0 Å². The summed E-state index contributed by atoms with van der Waals surface area (Å²) in [6.07, 6.45) is -0.0503. The Kier molecular flexibility index (Phi) is 5.23. The second kappa shape index (κ2) is 6.69. The molecule has 0 aromatic heterocycles. The summed E-state index contributed by atoms with van der Waals surface area (Å²) < 4.78 is 5.56. The zero-order chi connectivity index (χ0) is 16.0. The number of nitrogens with zero attached hydrogens (tertiary/aromatic N) is 3. The summed E-state index contributed by atoms with van der Waals surface area (Å²) in [7, 11) is 1.67. The SMILES string of the molecule is CNC(C)(C#N)CC(C)Oc1ccc(C#N)cc1[N+](=O)[O-]. The summed E-state index contributed by atoms with van der Waals surface area (Å²) in [6, 6.07) is 8.00. The number of nitrogens with one attached hydrogen (secondary N) is 1. The maximum atomic E-state index is 11.0. The van der Waals surface area contributed by atoms with Crippen molar-refractivity contribution in [2.45, 2.75) is 31.9 Å². The fourth-order valence-corrected chi connectivity index (χ4v) is 1.87. The largest absolute Gasteiger partial charge is 0.484 e. The molecule has 2 atom stereocenters. The highest BCUT2D eigenvalue weighted by Crippen LogP contribution is 2.29. The Morgan fingerprint density at radius 2 is 2.19 bits per heavy atom. The van der Waals surface area contributed by atoms with E-state index in [2.05, 4.69) is 11.4 Å². The van der Waals surface area contributed by atoms with Crippen LogP contribution in [0.25, 0.3) is 0 Å². The first-order valence-corrected chi connectivity index (χ1v) is 6.30. The van der Waals surface area contributed by atoms with Crippen LogP contribution in [0.4, 0.5) is 5.69 Å². The van der Waals surface area contributed by atoms with Crippen LogP contribution >= 0.6 is 0 Å². The lowest BCUT2D eigenvalue weighted by Gasteiger charge is -2.25. The summed E-state index contributed by atoms with van der Waals surface area (Å²) in [5.41, 5.74) is -0.844.